The zero-order valence-corrected chi connectivity index (χ0v) is 15.2. The van der Waals surface area contributed by atoms with Crippen molar-refractivity contribution in [1.29, 1.82) is 0 Å². The van der Waals surface area contributed by atoms with E-state index >= 15 is 0 Å². The van der Waals surface area contributed by atoms with Crippen LogP contribution in [0.25, 0.3) is 0 Å². The molecular weight excluding hydrogens is 300 g/mol. The fourth-order valence-electron chi connectivity index (χ4n) is 2.89. The lowest BCUT2D eigenvalue weighted by atomic mass is 10.1. The van der Waals surface area contributed by atoms with E-state index in [4.69, 9.17) is 4.74 Å². The Morgan fingerprint density at radius 2 is 1.29 bits per heavy atom. The molecule has 0 atom stereocenters. The lowest BCUT2D eigenvalue weighted by Crippen LogP contribution is -2.03. The molecule has 1 aromatic rings. The summed E-state index contributed by atoms with van der Waals surface area (Å²) in [5.74, 6) is -0.763. The average molecular weight is 333 g/mol. The molecule has 0 saturated carbocycles. The number of unbranched alkanes of at least 4 members (excludes halogenated alkanes) is 11. The van der Waals surface area contributed by atoms with Crippen LogP contribution in [-0.2, 0) is 5.11 Å². The molecule has 0 unspecified atom stereocenters. The first kappa shape index (κ1) is 20.5. The molecule has 0 N–H and O–H groups in total. The van der Waals surface area contributed by atoms with Crippen LogP contribution < -0.4 is 4.74 Å². The average Bonchev–Trinajstić information content (AvgIpc) is 2.59. The van der Waals surface area contributed by atoms with Crippen molar-refractivity contribution in [3.05, 3.63) is 29.8 Å². The predicted molar refractivity (Wildman–Crippen MR) is 98.0 cm³/mol. The summed E-state index contributed by atoms with van der Waals surface area (Å²) in [7, 11) is 0. The fourth-order valence-corrected chi connectivity index (χ4v) is 2.89. The van der Waals surface area contributed by atoms with Crippen LogP contribution in [0.3, 0.4) is 0 Å². The Balaban J connectivity index is 1.93. The molecule has 0 aliphatic heterocycles. The Hall–Kier alpha value is -1.51. The fraction of sp³-hybridized carbons (Fsp3) is 0.667. The highest BCUT2D eigenvalue weighted by Gasteiger charge is 2.11. The minimum atomic E-state index is -1.18. The Morgan fingerprint density at radius 3 is 1.83 bits per heavy atom. The highest BCUT2D eigenvalue weighted by Crippen LogP contribution is 2.18. The van der Waals surface area contributed by atoms with Crippen molar-refractivity contribution < 1.29 is 14.6 Å². The Labute approximate surface area is 147 Å². The number of hydrogen-bond donors (Lipinski definition) is 0. The summed E-state index contributed by atoms with van der Waals surface area (Å²) in [4.78, 5) is 11.0. The smallest absolute Gasteiger partial charge is 0.390 e. The SMILES string of the molecule is CCCCCCCCCCCCCCOc1ccccc1C([O])=O. The number of rotatable bonds is 15. The molecule has 0 saturated heterocycles. The topological polar surface area (TPSA) is 46.2 Å². The van der Waals surface area contributed by atoms with Crippen molar-refractivity contribution in [2.75, 3.05) is 6.61 Å². The molecule has 0 aromatic heterocycles. The maximum Gasteiger partial charge on any atom is 0.390 e. The van der Waals surface area contributed by atoms with Crippen LogP contribution in [0, 0.1) is 0 Å². The monoisotopic (exact) mass is 333 g/mol. The van der Waals surface area contributed by atoms with E-state index in [1.807, 2.05) is 0 Å². The summed E-state index contributed by atoms with van der Waals surface area (Å²) >= 11 is 0. The summed E-state index contributed by atoms with van der Waals surface area (Å²) in [6.45, 7) is 2.83. The molecule has 0 aliphatic rings. The van der Waals surface area contributed by atoms with Gasteiger partial charge in [0.15, 0.2) is 0 Å². The van der Waals surface area contributed by atoms with Crippen LogP contribution in [-0.4, -0.2) is 12.6 Å². The molecule has 0 amide bonds. The zero-order chi connectivity index (χ0) is 17.5. The lowest BCUT2D eigenvalue weighted by molar-refractivity contribution is 0.0568. The van der Waals surface area contributed by atoms with Crippen LogP contribution >= 0.6 is 0 Å². The van der Waals surface area contributed by atoms with Gasteiger partial charge in [-0.2, -0.15) is 0 Å². The quantitative estimate of drug-likeness (QED) is 0.352. The molecule has 0 aliphatic carbocycles. The largest absolute Gasteiger partial charge is 0.493 e. The van der Waals surface area contributed by atoms with Gasteiger partial charge < -0.3 is 4.74 Å². The number of para-hydroxylation sites is 1. The zero-order valence-electron chi connectivity index (χ0n) is 15.2. The van der Waals surface area contributed by atoms with E-state index in [1.54, 1.807) is 18.2 Å². The summed E-state index contributed by atoms with van der Waals surface area (Å²) in [5, 5.41) is 11.0. The maximum atomic E-state index is 11.0. The minimum absolute atomic E-state index is 0.136. The van der Waals surface area contributed by atoms with Gasteiger partial charge in [-0.25, -0.2) is 9.90 Å². The highest BCUT2D eigenvalue weighted by molar-refractivity contribution is 5.90. The first-order valence-electron chi connectivity index (χ1n) is 9.69. The molecular formula is C21H33O3. The van der Waals surface area contributed by atoms with Crippen LogP contribution in [0.4, 0.5) is 0 Å². The second-order valence-electron chi connectivity index (χ2n) is 6.52. The van der Waals surface area contributed by atoms with Crippen LogP contribution in [0.1, 0.15) is 94.3 Å². The Kier molecular flexibility index (Phi) is 11.9. The standard InChI is InChI=1S/C21H33O3/c1-2-3-4-5-6-7-8-9-10-11-12-15-18-24-20-17-14-13-16-19(20)21(22)23/h13-14,16-17H,2-12,15,18H2,1H3. The van der Waals surface area contributed by atoms with Crippen molar-refractivity contribution in [3.63, 3.8) is 0 Å². The molecule has 1 rings (SSSR count). The van der Waals surface area contributed by atoms with Gasteiger partial charge in [0.1, 0.15) is 11.3 Å². The molecule has 0 heterocycles. The van der Waals surface area contributed by atoms with E-state index < -0.39 is 5.97 Å². The molecule has 1 aromatic carbocycles. The molecule has 3 heteroatoms. The van der Waals surface area contributed by atoms with Crippen molar-refractivity contribution in [2.45, 2.75) is 84.0 Å². The van der Waals surface area contributed by atoms with Gasteiger partial charge in [-0.3, -0.25) is 0 Å². The Bertz CT molecular complexity index is 442. The first-order chi connectivity index (χ1) is 11.8. The molecule has 3 nitrogen and oxygen atoms in total. The predicted octanol–water partition coefficient (Wildman–Crippen LogP) is 6.34. The van der Waals surface area contributed by atoms with Gasteiger partial charge in [-0.15, -0.1) is 0 Å². The number of ether oxygens (including phenoxy) is 1. The van der Waals surface area contributed by atoms with Crippen molar-refractivity contribution in [2.24, 2.45) is 0 Å². The van der Waals surface area contributed by atoms with Gasteiger partial charge in [0.2, 0.25) is 0 Å². The van der Waals surface area contributed by atoms with E-state index in [-0.39, 0.29) is 5.56 Å². The van der Waals surface area contributed by atoms with Gasteiger partial charge in [-0.1, -0.05) is 89.7 Å². The highest BCUT2D eigenvalue weighted by atomic mass is 16.5. The lowest BCUT2D eigenvalue weighted by Gasteiger charge is -2.08. The van der Waals surface area contributed by atoms with E-state index in [0.29, 0.717) is 12.4 Å². The number of carbonyl (C=O) groups is 1. The number of benzene rings is 1. The van der Waals surface area contributed by atoms with Crippen molar-refractivity contribution in [1.82, 2.24) is 0 Å². The van der Waals surface area contributed by atoms with E-state index in [2.05, 4.69) is 6.92 Å². The van der Waals surface area contributed by atoms with E-state index in [9.17, 15) is 9.90 Å². The summed E-state index contributed by atoms with van der Waals surface area (Å²) in [6, 6.07) is 6.67. The number of hydrogen-bond acceptors (Lipinski definition) is 2. The van der Waals surface area contributed by atoms with Gasteiger partial charge in [0.05, 0.1) is 6.61 Å². The van der Waals surface area contributed by atoms with E-state index in [0.717, 1.165) is 12.8 Å². The van der Waals surface area contributed by atoms with Crippen molar-refractivity contribution >= 4 is 5.97 Å². The van der Waals surface area contributed by atoms with Gasteiger partial charge in [0.25, 0.3) is 0 Å². The number of carbonyl (C=O) groups excluding carboxylic acids is 1. The second-order valence-corrected chi connectivity index (χ2v) is 6.52. The summed E-state index contributed by atoms with van der Waals surface area (Å²) in [5.41, 5.74) is 0.136. The van der Waals surface area contributed by atoms with Crippen LogP contribution in [0.2, 0.25) is 0 Å². The molecule has 0 fully saturated rings. The van der Waals surface area contributed by atoms with Gasteiger partial charge in [0, 0.05) is 0 Å². The Morgan fingerprint density at radius 1 is 0.792 bits per heavy atom. The first-order valence-corrected chi connectivity index (χ1v) is 9.69. The molecule has 0 bridgehead atoms. The molecule has 1 radical (unpaired) electrons. The normalized spacial score (nSPS) is 10.7. The van der Waals surface area contributed by atoms with Crippen LogP contribution in [0.15, 0.2) is 24.3 Å². The third-order valence-corrected chi connectivity index (χ3v) is 4.36. The maximum absolute atomic E-state index is 11.0. The minimum Gasteiger partial charge on any atom is -0.493 e. The van der Waals surface area contributed by atoms with Gasteiger partial charge in [-0.05, 0) is 18.6 Å². The second kappa shape index (κ2) is 13.9. The summed E-state index contributed by atoms with van der Waals surface area (Å²) < 4.78 is 5.57. The summed E-state index contributed by atoms with van der Waals surface area (Å²) in [6.07, 6.45) is 15.6. The third kappa shape index (κ3) is 9.59. The van der Waals surface area contributed by atoms with Gasteiger partial charge >= 0.3 is 5.97 Å². The molecule has 24 heavy (non-hydrogen) atoms. The van der Waals surface area contributed by atoms with Crippen molar-refractivity contribution in [3.8, 4) is 5.75 Å². The van der Waals surface area contributed by atoms with Crippen LogP contribution in [0.5, 0.6) is 5.75 Å². The molecule has 0 spiro atoms. The molecule has 135 valence electrons. The van der Waals surface area contributed by atoms with E-state index in [1.165, 1.54) is 70.3 Å². The third-order valence-electron chi connectivity index (χ3n) is 4.36.